The zero-order valence-corrected chi connectivity index (χ0v) is 6.42. The van der Waals surface area contributed by atoms with Crippen molar-refractivity contribution in [2.45, 2.75) is 31.8 Å². The number of rotatable bonds is 0. The van der Waals surface area contributed by atoms with Crippen molar-refractivity contribution < 1.29 is 9.90 Å². The van der Waals surface area contributed by atoms with E-state index in [1.807, 2.05) is 6.08 Å². The molecule has 0 aliphatic heterocycles. The first-order valence-electron chi connectivity index (χ1n) is 4.13. The first-order valence-corrected chi connectivity index (χ1v) is 4.13. The molecule has 0 aromatic rings. The molecule has 1 spiro atoms. The molecule has 0 saturated heterocycles. The van der Waals surface area contributed by atoms with Crippen molar-refractivity contribution in [3.63, 3.8) is 0 Å². The second-order valence-electron chi connectivity index (χ2n) is 3.62. The third kappa shape index (κ3) is 0.932. The monoisotopic (exact) mass is 152 g/mol. The molecule has 11 heavy (non-hydrogen) atoms. The highest BCUT2D eigenvalue weighted by molar-refractivity contribution is 5.93. The molecule has 1 saturated carbocycles. The largest absolute Gasteiger partial charge is 0.392 e. The smallest absolute Gasteiger partial charge is 0.156 e. The first-order chi connectivity index (χ1) is 5.23. The maximum absolute atomic E-state index is 11.0. The predicted octanol–water partition coefficient (Wildman–Crippen LogP) is 1.05. The molecule has 0 aromatic heterocycles. The Kier molecular flexibility index (Phi) is 1.39. The van der Waals surface area contributed by atoms with Gasteiger partial charge in [-0.05, 0) is 25.3 Å². The van der Waals surface area contributed by atoms with Crippen LogP contribution in [0.2, 0.25) is 0 Å². The molecule has 0 heterocycles. The average molecular weight is 152 g/mol. The zero-order valence-electron chi connectivity index (χ0n) is 6.42. The Hall–Kier alpha value is -0.630. The Morgan fingerprint density at radius 3 is 2.91 bits per heavy atom. The van der Waals surface area contributed by atoms with E-state index in [9.17, 15) is 9.90 Å². The van der Waals surface area contributed by atoms with Crippen molar-refractivity contribution in [2.75, 3.05) is 0 Å². The van der Waals surface area contributed by atoms with E-state index in [0.29, 0.717) is 6.42 Å². The SMILES string of the molecule is O=C1C=CC2(CCCC2O)C1. The van der Waals surface area contributed by atoms with Gasteiger partial charge in [0.2, 0.25) is 0 Å². The van der Waals surface area contributed by atoms with Crippen molar-refractivity contribution in [3.8, 4) is 0 Å². The Labute approximate surface area is 65.9 Å². The standard InChI is InChI=1S/C9H12O2/c10-7-3-5-9(6-7)4-1-2-8(9)11/h3,5,8,11H,1-2,4,6H2. The first kappa shape index (κ1) is 7.04. The summed E-state index contributed by atoms with van der Waals surface area (Å²) in [5.41, 5.74) is -0.156. The van der Waals surface area contributed by atoms with Gasteiger partial charge < -0.3 is 5.11 Å². The van der Waals surface area contributed by atoms with Gasteiger partial charge in [0.25, 0.3) is 0 Å². The number of hydrogen-bond acceptors (Lipinski definition) is 2. The molecule has 0 bridgehead atoms. The summed E-state index contributed by atoms with van der Waals surface area (Å²) >= 11 is 0. The number of hydrogen-bond donors (Lipinski definition) is 1. The van der Waals surface area contributed by atoms with Crippen molar-refractivity contribution in [2.24, 2.45) is 5.41 Å². The number of carbonyl (C=O) groups is 1. The van der Waals surface area contributed by atoms with Crippen LogP contribution >= 0.6 is 0 Å². The van der Waals surface area contributed by atoms with E-state index < -0.39 is 0 Å². The van der Waals surface area contributed by atoms with Gasteiger partial charge in [-0.1, -0.05) is 6.08 Å². The van der Waals surface area contributed by atoms with Gasteiger partial charge in [-0.15, -0.1) is 0 Å². The fourth-order valence-corrected chi connectivity index (χ4v) is 2.18. The molecule has 1 fully saturated rings. The van der Waals surface area contributed by atoms with Gasteiger partial charge in [0, 0.05) is 11.8 Å². The summed E-state index contributed by atoms with van der Waals surface area (Å²) in [6, 6.07) is 0. The van der Waals surface area contributed by atoms with Gasteiger partial charge >= 0.3 is 0 Å². The summed E-state index contributed by atoms with van der Waals surface area (Å²) in [5, 5.41) is 9.59. The predicted molar refractivity (Wildman–Crippen MR) is 41.1 cm³/mol. The summed E-state index contributed by atoms with van der Waals surface area (Å²) in [6.07, 6.45) is 6.69. The lowest BCUT2D eigenvalue weighted by Crippen LogP contribution is -2.26. The number of aliphatic hydroxyl groups is 1. The maximum atomic E-state index is 11.0. The van der Waals surface area contributed by atoms with E-state index in [1.165, 1.54) is 0 Å². The minimum atomic E-state index is -0.273. The van der Waals surface area contributed by atoms with Crippen LogP contribution in [-0.4, -0.2) is 17.0 Å². The van der Waals surface area contributed by atoms with Crippen LogP contribution < -0.4 is 0 Å². The minimum absolute atomic E-state index is 0.156. The summed E-state index contributed by atoms with van der Waals surface area (Å²) in [7, 11) is 0. The zero-order chi connectivity index (χ0) is 7.90. The summed E-state index contributed by atoms with van der Waals surface area (Å²) in [6.45, 7) is 0. The molecule has 2 aliphatic carbocycles. The van der Waals surface area contributed by atoms with Crippen molar-refractivity contribution >= 4 is 5.78 Å². The van der Waals surface area contributed by atoms with Crippen LogP contribution in [0, 0.1) is 5.41 Å². The van der Waals surface area contributed by atoms with Gasteiger partial charge in [0.05, 0.1) is 6.10 Å². The third-order valence-corrected chi connectivity index (χ3v) is 2.89. The van der Waals surface area contributed by atoms with E-state index in [-0.39, 0.29) is 17.3 Å². The van der Waals surface area contributed by atoms with Crippen molar-refractivity contribution in [3.05, 3.63) is 12.2 Å². The van der Waals surface area contributed by atoms with Crippen molar-refractivity contribution in [1.29, 1.82) is 0 Å². The van der Waals surface area contributed by atoms with Crippen LogP contribution in [0.4, 0.5) is 0 Å². The molecule has 0 aromatic carbocycles. The molecule has 2 unspecified atom stereocenters. The third-order valence-electron chi connectivity index (χ3n) is 2.89. The number of allylic oxidation sites excluding steroid dienone is 1. The molecule has 2 heteroatoms. The fourth-order valence-electron chi connectivity index (χ4n) is 2.18. The Balaban J connectivity index is 2.24. The number of aliphatic hydroxyl groups excluding tert-OH is 1. The molecule has 1 N–H and O–H groups in total. The summed E-state index contributed by atoms with van der Waals surface area (Å²) in [5.74, 6) is 0.172. The van der Waals surface area contributed by atoms with Crippen LogP contribution in [0.3, 0.4) is 0 Å². The molecule has 60 valence electrons. The van der Waals surface area contributed by atoms with E-state index >= 15 is 0 Å². The highest BCUT2D eigenvalue weighted by Gasteiger charge is 2.43. The Bertz CT molecular complexity index is 220. The molecular weight excluding hydrogens is 140 g/mol. The van der Waals surface area contributed by atoms with Crippen LogP contribution in [0.1, 0.15) is 25.7 Å². The highest BCUT2D eigenvalue weighted by atomic mass is 16.3. The van der Waals surface area contributed by atoms with Crippen LogP contribution in [0.25, 0.3) is 0 Å². The normalized spacial score (nSPS) is 42.6. The minimum Gasteiger partial charge on any atom is -0.392 e. The average Bonchev–Trinajstić information content (AvgIpc) is 2.46. The summed E-state index contributed by atoms with van der Waals surface area (Å²) in [4.78, 5) is 11.0. The highest BCUT2D eigenvalue weighted by Crippen LogP contribution is 2.45. The lowest BCUT2D eigenvalue weighted by Gasteiger charge is -2.23. The molecule has 2 aliphatic rings. The maximum Gasteiger partial charge on any atom is 0.156 e. The van der Waals surface area contributed by atoms with Gasteiger partial charge in [0.1, 0.15) is 0 Å². The van der Waals surface area contributed by atoms with E-state index in [2.05, 4.69) is 0 Å². The topological polar surface area (TPSA) is 37.3 Å². The lowest BCUT2D eigenvalue weighted by molar-refractivity contribution is -0.116. The molecule has 2 nitrogen and oxygen atoms in total. The van der Waals surface area contributed by atoms with Crippen molar-refractivity contribution in [1.82, 2.24) is 0 Å². The second kappa shape index (κ2) is 2.18. The second-order valence-corrected chi connectivity index (χ2v) is 3.62. The fraction of sp³-hybridized carbons (Fsp3) is 0.667. The Morgan fingerprint density at radius 1 is 1.64 bits per heavy atom. The van der Waals surface area contributed by atoms with Crippen LogP contribution in [0.5, 0.6) is 0 Å². The van der Waals surface area contributed by atoms with E-state index in [1.54, 1.807) is 6.08 Å². The van der Waals surface area contributed by atoms with Gasteiger partial charge in [-0.3, -0.25) is 4.79 Å². The number of carbonyl (C=O) groups excluding carboxylic acids is 1. The van der Waals surface area contributed by atoms with Gasteiger partial charge in [-0.25, -0.2) is 0 Å². The van der Waals surface area contributed by atoms with Gasteiger partial charge in [-0.2, -0.15) is 0 Å². The quantitative estimate of drug-likeness (QED) is 0.563. The lowest BCUT2D eigenvalue weighted by atomic mass is 9.84. The van der Waals surface area contributed by atoms with E-state index in [4.69, 9.17) is 0 Å². The van der Waals surface area contributed by atoms with Crippen LogP contribution in [0.15, 0.2) is 12.2 Å². The van der Waals surface area contributed by atoms with Crippen LogP contribution in [-0.2, 0) is 4.79 Å². The molecule has 0 radical (unpaired) electrons. The molecule has 2 atom stereocenters. The number of ketones is 1. The van der Waals surface area contributed by atoms with E-state index in [0.717, 1.165) is 19.3 Å². The Morgan fingerprint density at radius 2 is 2.45 bits per heavy atom. The molecular formula is C9H12O2. The summed E-state index contributed by atoms with van der Waals surface area (Å²) < 4.78 is 0. The molecule has 0 amide bonds. The van der Waals surface area contributed by atoms with Gasteiger partial charge in [0.15, 0.2) is 5.78 Å². The molecule has 2 rings (SSSR count).